The molecule has 7 heteroatoms. The second-order valence-electron chi connectivity index (χ2n) is 3.32. The molecule has 2 rings (SSSR count). The highest BCUT2D eigenvalue weighted by Gasteiger charge is 2.31. The number of rotatable bonds is 2. The molecule has 5 nitrogen and oxygen atoms in total. The maximum atomic E-state index is 11.9. The summed E-state index contributed by atoms with van der Waals surface area (Å²) in [6.45, 7) is 0.283. The summed E-state index contributed by atoms with van der Waals surface area (Å²) in [6, 6.07) is 3.30. The number of carbonyl (C=O) groups is 2. The largest absolute Gasteiger partial charge is 0.367 e. The van der Waals surface area contributed by atoms with Crippen molar-refractivity contribution >= 4 is 34.8 Å². The Bertz CT molecular complexity index is 434. The van der Waals surface area contributed by atoms with Gasteiger partial charge in [-0.1, -0.05) is 11.6 Å². The van der Waals surface area contributed by atoms with Gasteiger partial charge in [0, 0.05) is 0 Å². The number of ether oxygens (including phenoxy) is 1. The summed E-state index contributed by atoms with van der Waals surface area (Å²) < 4.78 is 5.63. The molecule has 0 aromatic carbocycles. The second-order valence-corrected chi connectivity index (χ2v) is 5.03. The molecule has 1 unspecified atom stereocenters. The van der Waals surface area contributed by atoms with Crippen LogP contribution in [0.25, 0.3) is 0 Å². The number of halogens is 1. The molecule has 86 valence electrons. The number of primary amides is 1. The fourth-order valence-corrected chi connectivity index (χ4v) is 2.40. The SMILES string of the molecule is NC(=O)C1CN(C(=O)c2ccc(Cl)s2)CO1. The summed E-state index contributed by atoms with van der Waals surface area (Å²) in [4.78, 5) is 24.7. The average Bonchev–Trinajstić information content (AvgIpc) is 2.84. The van der Waals surface area contributed by atoms with Crippen LogP contribution in [0, 0.1) is 0 Å². The van der Waals surface area contributed by atoms with Crippen molar-refractivity contribution in [3.63, 3.8) is 0 Å². The monoisotopic (exact) mass is 260 g/mol. The van der Waals surface area contributed by atoms with E-state index in [0.29, 0.717) is 9.21 Å². The first-order valence-corrected chi connectivity index (χ1v) is 5.73. The van der Waals surface area contributed by atoms with E-state index in [0.717, 1.165) is 0 Å². The third-order valence-corrected chi connectivity index (χ3v) is 3.43. The van der Waals surface area contributed by atoms with Gasteiger partial charge in [0.2, 0.25) is 5.91 Å². The van der Waals surface area contributed by atoms with E-state index >= 15 is 0 Å². The zero-order chi connectivity index (χ0) is 11.7. The van der Waals surface area contributed by atoms with E-state index in [9.17, 15) is 9.59 Å². The molecule has 2 N–H and O–H groups in total. The molecule has 0 bridgehead atoms. The Labute approximate surface area is 101 Å². The van der Waals surface area contributed by atoms with Crippen molar-refractivity contribution in [3.8, 4) is 0 Å². The van der Waals surface area contributed by atoms with Crippen molar-refractivity contribution in [1.29, 1.82) is 0 Å². The molecule has 1 fully saturated rings. The van der Waals surface area contributed by atoms with Crippen molar-refractivity contribution in [2.24, 2.45) is 5.73 Å². The standard InChI is InChI=1S/C9H9ClN2O3S/c10-7-2-1-6(16-7)9(14)12-3-5(8(11)13)15-4-12/h1-2,5H,3-4H2,(H2,11,13). The van der Waals surface area contributed by atoms with Crippen LogP contribution in [0.15, 0.2) is 12.1 Å². The number of hydrogen-bond acceptors (Lipinski definition) is 4. The fraction of sp³-hybridized carbons (Fsp3) is 0.333. The van der Waals surface area contributed by atoms with Gasteiger partial charge in [0.05, 0.1) is 15.8 Å². The number of amides is 2. The molecule has 2 amide bonds. The normalized spacial score (nSPS) is 20.1. The Hall–Kier alpha value is -1.11. The predicted octanol–water partition coefficient (Wildman–Crippen LogP) is 0.685. The Morgan fingerprint density at radius 1 is 1.56 bits per heavy atom. The van der Waals surface area contributed by atoms with E-state index in [1.165, 1.54) is 16.2 Å². The Morgan fingerprint density at radius 2 is 2.31 bits per heavy atom. The molecule has 1 aliphatic rings. The molecule has 1 aromatic heterocycles. The number of carbonyl (C=O) groups excluding carboxylic acids is 2. The molecule has 0 radical (unpaired) electrons. The highest BCUT2D eigenvalue weighted by Crippen LogP contribution is 2.23. The van der Waals surface area contributed by atoms with E-state index in [1.54, 1.807) is 12.1 Å². The second kappa shape index (κ2) is 4.40. The zero-order valence-electron chi connectivity index (χ0n) is 8.18. The van der Waals surface area contributed by atoms with Crippen molar-refractivity contribution in [2.75, 3.05) is 13.3 Å². The number of nitrogens with zero attached hydrogens (tertiary/aromatic N) is 1. The van der Waals surface area contributed by atoms with Gasteiger partial charge in [0.1, 0.15) is 6.73 Å². The molecule has 1 aromatic rings. The van der Waals surface area contributed by atoms with Crippen molar-refractivity contribution in [3.05, 3.63) is 21.3 Å². The average molecular weight is 261 g/mol. The van der Waals surface area contributed by atoms with Gasteiger partial charge in [-0.25, -0.2) is 0 Å². The Kier molecular flexibility index (Phi) is 3.13. The van der Waals surface area contributed by atoms with E-state index in [-0.39, 0.29) is 19.2 Å². The Balaban J connectivity index is 2.05. The predicted molar refractivity (Wildman–Crippen MR) is 59.3 cm³/mol. The summed E-state index contributed by atoms with van der Waals surface area (Å²) in [5, 5.41) is 0. The van der Waals surface area contributed by atoms with E-state index in [2.05, 4.69) is 0 Å². The van der Waals surface area contributed by atoms with Crippen LogP contribution in [0.2, 0.25) is 4.34 Å². The van der Waals surface area contributed by atoms with Gasteiger partial charge >= 0.3 is 0 Å². The highest BCUT2D eigenvalue weighted by atomic mass is 35.5. The van der Waals surface area contributed by atoms with Gasteiger partial charge < -0.3 is 15.4 Å². The van der Waals surface area contributed by atoms with Crippen LogP contribution in [-0.4, -0.2) is 36.1 Å². The van der Waals surface area contributed by atoms with Crippen LogP contribution in [0.4, 0.5) is 0 Å². The van der Waals surface area contributed by atoms with Crippen molar-refractivity contribution < 1.29 is 14.3 Å². The Morgan fingerprint density at radius 3 is 2.81 bits per heavy atom. The number of nitrogens with two attached hydrogens (primary N) is 1. The first-order chi connectivity index (χ1) is 7.58. The molecule has 1 aliphatic heterocycles. The topological polar surface area (TPSA) is 72.6 Å². The lowest BCUT2D eigenvalue weighted by Crippen LogP contribution is -2.34. The van der Waals surface area contributed by atoms with Crippen LogP contribution in [0.5, 0.6) is 0 Å². The van der Waals surface area contributed by atoms with Crippen LogP contribution in [0.1, 0.15) is 9.67 Å². The van der Waals surface area contributed by atoms with Gasteiger partial charge in [0.25, 0.3) is 5.91 Å². The molecule has 16 heavy (non-hydrogen) atoms. The first kappa shape index (κ1) is 11.4. The molecule has 1 atom stereocenters. The third kappa shape index (κ3) is 2.18. The van der Waals surface area contributed by atoms with Crippen molar-refractivity contribution in [1.82, 2.24) is 4.90 Å². The molecule has 0 spiro atoms. The van der Waals surface area contributed by atoms with Crippen LogP contribution < -0.4 is 5.73 Å². The summed E-state index contributed by atoms with van der Waals surface area (Å²) in [7, 11) is 0. The van der Waals surface area contributed by atoms with Crippen LogP contribution in [0.3, 0.4) is 0 Å². The lowest BCUT2D eigenvalue weighted by Gasteiger charge is -2.11. The quantitative estimate of drug-likeness (QED) is 0.850. The molecule has 2 heterocycles. The van der Waals surface area contributed by atoms with Gasteiger partial charge in [-0.05, 0) is 12.1 Å². The highest BCUT2D eigenvalue weighted by molar-refractivity contribution is 7.17. The minimum absolute atomic E-state index is 0.0853. The summed E-state index contributed by atoms with van der Waals surface area (Å²) >= 11 is 6.93. The van der Waals surface area contributed by atoms with Crippen LogP contribution in [-0.2, 0) is 9.53 Å². The van der Waals surface area contributed by atoms with E-state index in [1.807, 2.05) is 0 Å². The molecule has 0 saturated carbocycles. The fourth-order valence-electron chi connectivity index (χ4n) is 1.38. The van der Waals surface area contributed by atoms with E-state index in [4.69, 9.17) is 22.1 Å². The summed E-state index contributed by atoms with van der Waals surface area (Å²) in [6.07, 6.45) is -0.709. The van der Waals surface area contributed by atoms with Gasteiger partial charge in [0.15, 0.2) is 6.10 Å². The molecule has 1 saturated heterocycles. The van der Waals surface area contributed by atoms with Gasteiger partial charge in [-0.15, -0.1) is 11.3 Å². The smallest absolute Gasteiger partial charge is 0.265 e. The molecular weight excluding hydrogens is 252 g/mol. The number of hydrogen-bond donors (Lipinski definition) is 1. The van der Waals surface area contributed by atoms with Gasteiger partial charge in [-0.3, -0.25) is 9.59 Å². The molecular formula is C9H9ClN2O3S. The number of thiophene rings is 1. The van der Waals surface area contributed by atoms with Gasteiger partial charge in [-0.2, -0.15) is 0 Å². The summed E-state index contributed by atoms with van der Waals surface area (Å²) in [5.74, 6) is -0.750. The lowest BCUT2D eigenvalue weighted by molar-refractivity contribution is -0.126. The first-order valence-electron chi connectivity index (χ1n) is 4.53. The zero-order valence-corrected chi connectivity index (χ0v) is 9.75. The lowest BCUT2D eigenvalue weighted by atomic mass is 10.3. The third-order valence-electron chi connectivity index (χ3n) is 2.21. The van der Waals surface area contributed by atoms with E-state index < -0.39 is 12.0 Å². The molecule has 0 aliphatic carbocycles. The van der Waals surface area contributed by atoms with Crippen molar-refractivity contribution in [2.45, 2.75) is 6.10 Å². The minimum atomic E-state index is -0.709. The summed E-state index contributed by atoms with van der Waals surface area (Å²) in [5.41, 5.74) is 5.08. The maximum Gasteiger partial charge on any atom is 0.265 e. The maximum absolute atomic E-state index is 11.9. The minimum Gasteiger partial charge on any atom is -0.367 e. The van der Waals surface area contributed by atoms with Crippen LogP contribution >= 0.6 is 22.9 Å².